The van der Waals surface area contributed by atoms with Crippen molar-refractivity contribution in [1.29, 1.82) is 0 Å². The van der Waals surface area contributed by atoms with Crippen molar-refractivity contribution in [2.45, 2.75) is 25.5 Å². The molecule has 0 radical (unpaired) electrons. The van der Waals surface area contributed by atoms with E-state index in [0.29, 0.717) is 20.8 Å². The first-order valence-corrected chi connectivity index (χ1v) is 13.2. The van der Waals surface area contributed by atoms with Gasteiger partial charge in [0.05, 0.1) is 15.7 Å². The molecule has 39 heavy (non-hydrogen) atoms. The lowest BCUT2D eigenvalue weighted by Gasteiger charge is -2.21. The largest absolute Gasteiger partial charge is 0.483 e. The van der Waals surface area contributed by atoms with Crippen LogP contribution in [-0.4, -0.2) is 42.7 Å². The van der Waals surface area contributed by atoms with E-state index in [1.54, 1.807) is 37.3 Å². The number of hydrazone groups is 1. The predicted molar refractivity (Wildman–Crippen MR) is 153 cm³/mol. The highest BCUT2D eigenvalue weighted by molar-refractivity contribution is 9.10. The zero-order valence-electron chi connectivity index (χ0n) is 20.7. The van der Waals surface area contributed by atoms with Gasteiger partial charge in [0.15, 0.2) is 12.7 Å². The number of hydrogen-bond donors (Lipinski definition) is 3. The lowest BCUT2D eigenvalue weighted by molar-refractivity contribution is -0.132. The average Bonchev–Trinajstić information content (AvgIpc) is 2.89. The number of rotatable bonds is 12. The molecule has 9 nitrogen and oxygen atoms in total. The summed E-state index contributed by atoms with van der Waals surface area (Å²) in [7, 11) is 0. The molecule has 0 saturated carbocycles. The Labute approximate surface area is 243 Å². The minimum atomic E-state index is -0.953. The summed E-state index contributed by atoms with van der Waals surface area (Å²) in [6, 6.07) is 18.0. The maximum Gasteiger partial charge on any atom is 0.262 e. The van der Waals surface area contributed by atoms with Crippen LogP contribution in [-0.2, 0) is 20.8 Å². The molecule has 0 spiro atoms. The number of ether oxygens (including phenoxy) is 2. The van der Waals surface area contributed by atoms with Gasteiger partial charge >= 0.3 is 0 Å². The van der Waals surface area contributed by atoms with E-state index in [2.05, 4.69) is 31.8 Å². The van der Waals surface area contributed by atoms with Crippen LogP contribution in [0.15, 0.2) is 76.3 Å². The minimum absolute atomic E-state index is 0.222. The van der Waals surface area contributed by atoms with Crippen LogP contribution >= 0.6 is 39.1 Å². The first-order chi connectivity index (χ1) is 18.6. The van der Waals surface area contributed by atoms with E-state index in [9.17, 15) is 14.4 Å². The molecular formula is C27H25BrCl2N4O5. The van der Waals surface area contributed by atoms with Crippen LogP contribution in [0.25, 0.3) is 0 Å². The van der Waals surface area contributed by atoms with Crippen LogP contribution in [0.3, 0.4) is 0 Å². The van der Waals surface area contributed by atoms with Gasteiger partial charge in [0.2, 0.25) is 0 Å². The third-order valence-corrected chi connectivity index (χ3v) is 6.35. The van der Waals surface area contributed by atoms with Gasteiger partial charge in [-0.15, -0.1) is 0 Å². The smallest absolute Gasteiger partial charge is 0.262 e. The van der Waals surface area contributed by atoms with E-state index in [4.69, 9.17) is 38.4 Å². The third-order valence-electron chi connectivity index (χ3n) is 5.20. The fourth-order valence-corrected chi connectivity index (χ4v) is 4.24. The van der Waals surface area contributed by atoms with Crippen molar-refractivity contribution < 1.29 is 23.9 Å². The van der Waals surface area contributed by atoms with E-state index >= 15 is 0 Å². The molecule has 0 saturated heterocycles. The summed E-state index contributed by atoms with van der Waals surface area (Å²) in [5, 5.41) is 7.43. The van der Waals surface area contributed by atoms with Crippen LogP contribution in [0.1, 0.15) is 18.1 Å². The number of carbonyl (C=O) groups excluding carboxylic acids is 3. The standard InChI is InChI=1S/C27H25BrCl2N4O5/c1-16(39-24-10-8-19(29)13-21(24)30)26(36)33-22(12-17-5-3-2-4-6-17)27(37)34-32-14-18-7-9-23(20(28)11-18)38-15-25(31)35/h2-11,13-14,16,22H,12,15H2,1H3,(H2,31,35)(H,33,36)(H,34,37)/b32-14-/t16-,22+/m0/s1. The van der Waals surface area contributed by atoms with Gasteiger partial charge in [0.1, 0.15) is 17.5 Å². The molecule has 3 aromatic rings. The Bertz CT molecular complexity index is 1360. The Kier molecular flexibility index (Phi) is 11.2. The third kappa shape index (κ3) is 9.58. The van der Waals surface area contributed by atoms with Gasteiger partial charge in [-0.3, -0.25) is 14.4 Å². The van der Waals surface area contributed by atoms with Gasteiger partial charge in [-0.25, -0.2) is 5.43 Å². The van der Waals surface area contributed by atoms with Gasteiger partial charge in [0.25, 0.3) is 17.7 Å². The molecule has 3 rings (SSSR count). The summed E-state index contributed by atoms with van der Waals surface area (Å²) in [5.41, 5.74) is 9.04. The maximum atomic E-state index is 13.0. The quantitative estimate of drug-likeness (QED) is 0.202. The zero-order valence-corrected chi connectivity index (χ0v) is 23.8. The molecule has 0 unspecified atom stereocenters. The van der Waals surface area contributed by atoms with E-state index in [1.807, 2.05) is 30.3 Å². The number of benzene rings is 3. The Balaban J connectivity index is 1.67. The van der Waals surface area contributed by atoms with Crippen molar-refractivity contribution in [3.05, 3.63) is 92.4 Å². The number of nitrogens with one attached hydrogen (secondary N) is 2. The molecule has 0 aliphatic carbocycles. The molecule has 3 aromatic carbocycles. The van der Waals surface area contributed by atoms with Crippen LogP contribution < -0.4 is 25.9 Å². The summed E-state index contributed by atoms with van der Waals surface area (Å²) in [5.74, 6) is -0.925. The maximum absolute atomic E-state index is 13.0. The second-order valence-electron chi connectivity index (χ2n) is 8.26. The minimum Gasteiger partial charge on any atom is -0.483 e. The number of hydrogen-bond acceptors (Lipinski definition) is 6. The summed E-state index contributed by atoms with van der Waals surface area (Å²) in [6.07, 6.45) is 0.696. The fourth-order valence-electron chi connectivity index (χ4n) is 3.27. The van der Waals surface area contributed by atoms with Gasteiger partial charge in [-0.05, 0) is 70.4 Å². The van der Waals surface area contributed by atoms with Gasteiger partial charge in [0, 0.05) is 11.4 Å². The number of nitrogens with two attached hydrogens (primary N) is 1. The summed E-state index contributed by atoms with van der Waals surface area (Å²) >= 11 is 15.4. The SMILES string of the molecule is C[C@H](Oc1ccc(Cl)cc1Cl)C(=O)N[C@H](Cc1ccccc1)C(=O)N/N=C\c1ccc(OCC(N)=O)c(Br)c1. The topological polar surface area (TPSA) is 132 Å². The van der Waals surface area contributed by atoms with Crippen molar-refractivity contribution in [2.24, 2.45) is 10.8 Å². The highest BCUT2D eigenvalue weighted by atomic mass is 79.9. The van der Waals surface area contributed by atoms with Crippen molar-refractivity contribution in [1.82, 2.24) is 10.7 Å². The van der Waals surface area contributed by atoms with E-state index in [0.717, 1.165) is 5.56 Å². The number of halogens is 3. The Morgan fingerprint density at radius 2 is 1.74 bits per heavy atom. The van der Waals surface area contributed by atoms with E-state index in [1.165, 1.54) is 12.3 Å². The molecule has 2 atom stereocenters. The second-order valence-corrected chi connectivity index (χ2v) is 9.96. The van der Waals surface area contributed by atoms with Crippen LogP contribution in [0.4, 0.5) is 0 Å². The Morgan fingerprint density at radius 1 is 1.03 bits per heavy atom. The number of primary amides is 1. The molecule has 4 N–H and O–H groups in total. The molecule has 0 aromatic heterocycles. The van der Waals surface area contributed by atoms with Crippen LogP contribution in [0.2, 0.25) is 10.0 Å². The zero-order chi connectivity index (χ0) is 28.4. The molecule has 0 fully saturated rings. The second kappa shape index (κ2) is 14.5. The number of nitrogens with zero attached hydrogens (tertiary/aromatic N) is 1. The predicted octanol–water partition coefficient (Wildman–Crippen LogP) is 4.27. The first kappa shape index (κ1) is 29.9. The van der Waals surface area contributed by atoms with Gasteiger partial charge < -0.3 is 20.5 Å². The first-order valence-electron chi connectivity index (χ1n) is 11.6. The average molecular weight is 636 g/mol. The molecule has 204 valence electrons. The fraction of sp³-hybridized carbons (Fsp3) is 0.185. The molecule has 12 heteroatoms. The Hall–Kier alpha value is -3.60. The highest BCUT2D eigenvalue weighted by Crippen LogP contribution is 2.28. The lowest BCUT2D eigenvalue weighted by Crippen LogP contribution is -2.50. The number of carbonyl (C=O) groups is 3. The normalized spacial score (nSPS) is 12.4. The van der Waals surface area contributed by atoms with Crippen molar-refractivity contribution in [2.75, 3.05) is 6.61 Å². The molecular weight excluding hydrogens is 611 g/mol. The summed E-state index contributed by atoms with van der Waals surface area (Å²) in [4.78, 5) is 36.9. The van der Waals surface area contributed by atoms with Crippen LogP contribution in [0, 0.1) is 0 Å². The molecule has 0 aliphatic heterocycles. The Morgan fingerprint density at radius 3 is 2.41 bits per heavy atom. The van der Waals surface area contributed by atoms with Crippen LogP contribution in [0.5, 0.6) is 11.5 Å². The van der Waals surface area contributed by atoms with E-state index in [-0.39, 0.29) is 23.8 Å². The van der Waals surface area contributed by atoms with E-state index < -0.39 is 29.9 Å². The summed E-state index contributed by atoms with van der Waals surface area (Å²) < 4.78 is 11.5. The highest BCUT2D eigenvalue weighted by Gasteiger charge is 2.25. The molecule has 0 heterocycles. The monoisotopic (exact) mass is 634 g/mol. The van der Waals surface area contributed by atoms with Gasteiger partial charge in [-0.1, -0.05) is 53.5 Å². The molecule has 0 aliphatic rings. The summed E-state index contributed by atoms with van der Waals surface area (Å²) in [6.45, 7) is 1.29. The molecule has 3 amide bonds. The molecule has 0 bridgehead atoms. The van der Waals surface area contributed by atoms with Gasteiger partial charge in [-0.2, -0.15) is 5.10 Å². The number of amides is 3. The van der Waals surface area contributed by atoms with Crippen molar-refractivity contribution >= 4 is 63.1 Å². The lowest BCUT2D eigenvalue weighted by atomic mass is 10.1. The van der Waals surface area contributed by atoms with Crippen molar-refractivity contribution in [3.63, 3.8) is 0 Å². The van der Waals surface area contributed by atoms with Crippen molar-refractivity contribution in [3.8, 4) is 11.5 Å².